The summed E-state index contributed by atoms with van der Waals surface area (Å²) in [6.07, 6.45) is 24.6. The second kappa shape index (κ2) is 17.9. The van der Waals surface area contributed by atoms with Gasteiger partial charge in [0, 0.05) is 29.8 Å². The number of nitrogens with zero attached hydrogens (tertiary/aromatic N) is 2. The molecular formula is C34H59IN2S2. The first-order valence-corrected chi connectivity index (χ1v) is 18.0. The van der Waals surface area contributed by atoms with Crippen LogP contribution in [0.15, 0.2) is 39.9 Å². The van der Waals surface area contributed by atoms with Gasteiger partial charge in [-0.1, -0.05) is 104 Å². The second-order valence-corrected chi connectivity index (χ2v) is 14.6. The quantitative estimate of drug-likeness (QED) is 0.134. The Hall–Kier alpha value is 0.120. The average Bonchev–Trinajstić information content (AvgIpc) is 3.46. The highest BCUT2D eigenvalue weighted by Gasteiger charge is 2.51. The van der Waals surface area contributed by atoms with Crippen molar-refractivity contribution in [2.45, 2.75) is 130 Å². The van der Waals surface area contributed by atoms with E-state index in [0.717, 1.165) is 5.75 Å². The molecule has 0 radical (unpaired) electrons. The molecular weight excluding hydrogens is 627 g/mol. The molecule has 39 heavy (non-hydrogen) atoms. The zero-order valence-corrected chi connectivity index (χ0v) is 30.2. The van der Waals surface area contributed by atoms with E-state index in [9.17, 15) is 0 Å². The maximum Gasteiger partial charge on any atom is 0.112 e. The summed E-state index contributed by atoms with van der Waals surface area (Å²) in [7, 11) is 0. The van der Waals surface area contributed by atoms with Crippen LogP contribution in [0, 0.1) is 23.7 Å². The predicted octanol–water partition coefficient (Wildman–Crippen LogP) is 11.1. The van der Waals surface area contributed by atoms with Crippen LogP contribution in [0.4, 0.5) is 0 Å². The van der Waals surface area contributed by atoms with Crippen LogP contribution in [0.25, 0.3) is 0 Å². The number of halogens is 1. The van der Waals surface area contributed by atoms with Crippen molar-refractivity contribution in [1.29, 1.82) is 0 Å². The summed E-state index contributed by atoms with van der Waals surface area (Å²) in [5, 5.41) is 1.48. The van der Waals surface area contributed by atoms with Crippen molar-refractivity contribution in [3.8, 4) is 0 Å². The molecule has 3 rings (SSSR count). The van der Waals surface area contributed by atoms with Crippen molar-refractivity contribution in [2.24, 2.45) is 28.7 Å². The zero-order valence-electron chi connectivity index (χ0n) is 26.2. The second-order valence-electron chi connectivity index (χ2n) is 12.3. The Labute approximate surface area is 268 Å². The molecule has 0 aromatic rings. The van der Waals surface area contributed by atoms with Gasteiger partial charge in [0.2, 0.25) is 0 Å². The van der Waals surface area contributed by atoms with Gasteiger partial charge >= 0.3 is 0 Å². The third-order valence-electron chi connectivity index (χ3n) is 9.34. The van der Waals surface area contributed by atoms with Gasteiger partial charge in [-0.05, 0) is 68.4 Å². The van der Waals surface area contributed by atoms with E-state index in [1.165, 1.54) is 93.7 Å². The lowest BCUT2D eigenvalue weighted by molar-refractivity contribution is 0.217. The Morgan fingerprint density at radius 2 is 1.64 bits per heavy atom. The largest absolute Gasteiger partial charge is 0.363 e. The number of thioether (sulfide) groups is 2. The molecule has 6 unspecified atom stereocenters. The summed E-state index contributed by atoms with van der Waals surface area (Å²) in [6.45, 7) is 17.9. The fourth-order valence-corrected chi connectivity index (χ4v) is 9.65. The minimum Gasteiger partial charge on any atom is -0.363 e. The number of unbranched alkanes of at least 4 members (excludes halogenated alkanes) is 6. The summed E-state index contributed by atoms with van der Waals surface area (Å²) in [4.78, 5) is 8.17. The molecule has 1 saturated heterocycles. The van der Waals surface area contributed by atoms with Crippen LogP contribution < -0.4 is 0 Å². The fraction of sp³-hybridized carbons (Fsp3) is 0.794. The monoisotopic (exact) mass is 686 g/mol. The summed E-state index contributed by atoms with van der Waals surface area (Å²) in [5.74, 6) is 4.67. The first kappa shape index (κ1) is 35.3. The van der Waals surface area contributed by atoms with E-state index in [1.807, 2.05) is 0 Å². The zero-order chi connectivity index (χ0) is 27.5. The van der Waals surface area contributed by atoms with Gasteiger partial charge in [-0.3, -0.25) is 4.99 Å². The van der Waals surface area contributed by atoms with Crippen molar-refractivity contribution in [3.05, 3.63) is 34.9 Å². The van der Waals surface area contributed by atoms with Gasteiger partial charge in [-0.2, -0.15) is 0 Å². The molecule has 0 amide bonds. The van der Waals surface area contributed by atoms with Crippen molar-refractivity contribution >= 4 is 53.2 Å². The van der Waals surface area contributed by atoms with E-state index in [2.05, 4.69) is 101 Å². The van der Waals surface area contributed by atoms with Crippen molar-refractivity contribution in [2.75, 3.05) is 18.1 Å². The number of rotatable bonds is 14. The Balaban J connectivity index is 0.00000533. The van der Waals surface area contributed by atoms with E-state index in [1.54, 1.807) is 5.57 Å². The van der Waals surface area contributed by atoms with Gasteiger partial charge in [-0.25, -0.2) is 0 Å². The van der Waals surface area contributed by atoms with Crippen LogP contribution in [0.5, 0.6) is 0 Å². The SMILES string of the molecule is CCCCCCCN1C(=CC=CC2=CC(CCCC)C(C)C3(N=C(C)CS3)C(C)C2CCCC)SCC1C.I. The molecule has 0 saturated carbocycles. The van der Waals surface area contributed by atoms with Crippen molar-refractivity contribution in [3.63, 3.8) is 0 Å². The van der Waals surface area contributed by atoms with Crippen LogP contribution in [-0.2, 0) is 0 Å². The van der Waals surface area contributed by atoms with E-state index in [4.69, 9.17) is 4.99 Å². The topological polar surface area (TPSA) is 15.6 Å². The third kappa shape index (κ3) is 9.30. The van der Waals surface area contributed by atoms with Crippen molar-refractivity contribution in [1.82, 2.24) is 4.90 Å². The van der Waals surface area contributed by atoms with Crippen LogP contribution in [0.3, 0.4) is 0 Å². The third-order valence-corrected chi connectivity index (χ3v) is 12.5. The van der Waals surface area contributed by atoms with Gasteiger partial charge in [0.1, 0.15) is 4.87 Å². The minimum atomic E-state index is 0. The molecule has 2 nitrogen and oxygen atoms in total. The summed E-state index contributed by atoms with van der Waals surface area (Å²) >= 11 is 4.21. The Morgan fingerprint density at radius 3 is 2.31 bits per heavy atom. The fourth-order valence-electron chi connectivity index (χ4n) is 6.85. The predicted molar refractivity (Wildman–Crippen MR) is 191 cm³/mol. The number of hydrogen-bond acceptors (Lipinski definition) is 4. The van der Waals surface area contributed by atoms with E-state index in [-0.39, 0.29) is 28.8 Å². The average molecular weight is 687 g/mol. The van der Waals surface area contributed by atoms with Crippen LogP contribution in [0.2, 0.25) is 0 Å². The lowest BCUT2D eigenvalue weighted by atomic mass is 9.76. The molecule has 2 aliphatic heterocycles. The first-order valence-electron chi connectivity index (χ1n) is 16.1. The van der Waals surface area contributed by atoms with Crippen LogP contribution >= 0.6 is 47.5 Å². The first-order chi connectivity index (χ1) is 18.4. The lowest BCUT2D eigenvalue weighted by Crippen LogP contribution is -2.41. The Morgan fingerprint density at radius 1 is 0.949 bits per heavy atom. The molecule has 1 aliphatic carbocycles. The van der Waals surface area contributed by atoms with Gasteiger partial charge in [0.05, 0.1) is 5.03 Å². The van der Waals surface area contributed by atoms with Gasteiger partial charge in [0.15, 0.2) is 0 Å². The van der Waals surface area contributed by atoms with E-state index >= 15 is 0 Å². The smallest absolute Gasteiger partial charge is 0.112 e. The summed E-state index contributed by atoms with van der Waals surface area (Å²) in [5.41, 5.74) is 2.94. The molecule has 1 fully saturated rings. The van der Waals surface area contributed by atoms with Crippen LogP contribution in [-0.4, -0.2) is 39.6 Å². The minimum absolute atomic E-state index is 0. The Bertz CT molecular complexity index is 850. The lowest BCUT2D eigenvalue weighted by Gasteiger charge is -2.41. The molecule has 0 aromatic carbocycles. The maximum atomic E-state index is 5.46. The molecule has 0 bridgehead atoms. The highest BCUT2D eigenvalue weighted by atomic mass is 127. The highest BCUT2D eigenvalue weighted by Crippen LogP contribution is 2.55. The van der Waals surface area contributed by atoms with Gasteiger partial charge in [0.25, 0.3) is 0 Å². The summed E-state index contributed by atoms with van der Waals surface area (Å²) in [6, 6.07) is 0.653. The van der Waals surface area contributed by atoms with Crippen LogP contribution in [0.1, 0.15) is 119 Å². The van der Waals surface area contributed by atoms with Crippen molar-refractivity contribution < 1.29 is 0 Å². The maximum absolute atomic E-state index is 5.46. The normalized spacial score (nSPS) is 32.1. The number of hydrogen-bond donors (Lipinski definition) is 0. The van der Waals surface area contributed by atoms with Gasteiger partial charge < -0.3 is 4.90 Å². The Kier molecular flexibility index (Phi) is 16.2. The molecule has 1 spiro atoms. The molecule has 6 atom stereocenters. The molecule has 2 heterocycles. The standard InChI is InChI=1S/C34H58N2S2.HI/c1-8-11-14-15-16-22-36-27(5)25-37-33(36)21-17-19-31-23-30(18-12-9-2)28(6)34(35-26(4)24-38-34)29(7)32(31)20-13-10-3;/h17,19,21,23,27-30,32H,8-16,18,20,22,24-25H2,1-7H3;1H. The summed E-state index contributed by atoms with van der Waals surface area (Å²) < 4.78 is 0. The molecule has 0 N–H and O–H groups in total. The van der Waals surface area contributed by atoms with E-state index < -0.39 is 0 Å². The van der Waals surface area contributed by atoms with Gasteiger partial charge in [-0.15, -0.1) is 47.5 Å². The number of aliphatic imine (C=N–C) groups is 1. The highest BCUT2D eigenvalue weighted by molar-refractivity contribution is 14.0. The molecule has 5 heteroatoms. The van der Waals surface area contributed by atoms with E-state index in [0.29, 0.717) is 29.7 Å². The molecule has 224 valence electrons. The number of allylic oxidation sites excluding steroid dienone is 5. The molecule has 3 aliphatic rings. The molecule has 0 aromatic heterocycles.